The minimum Gasteiger partial charge on any atom is -0.468 e. The number of carbonyl (C=O) groups excluding carboxylic acids is 1. The van der Waals surface area contributed by atoms with Gasteiger partial charge in [-0.1, -0.05) is 0 Å². The van der Waals surface area contributed by atoms with E-state index < -0.39 is 5.54 Å². The van der Waals surface area contributed by atoms with Crippen molar-refractivity contribution in [1.82, 2.24) is 5.32 Å². The van der Waals surface area contributed by atoms with Gasteiger partial charge >= 0.3 is 5.97 Å². The number of ether oxygens (including phenoxy) is 4. The van der Waals surface area contributed by atoms with Crippen molar-refractivity contribution in [2.45, 2.75) is 31.7 Å². The summed E-state index contributed by atoms with van der Waals surface area (Å²) in [6, 6.07) is 0. The summed E-state index contributed by atoms with van der Waals surface area (Å²) < 4.78 is 20.4. The van der Waals surface area contributed by atoms with E-state index in [0.717, 1.165) is 19.3 Å². The van der Waals surface area contributed by atoms with E-state index in [4.69, 9.17) is 18.9 Å². The second-order valence-electron chi connectivity index (χ2n) is 4.75. The third-order valence-electron chi connectivity index (χ3n) is 3.21. The molecule has 6 heteroatoms. The van der Waals surface area contributed by atoms with Crippen LogP contribution in [0, 0.1) is 0 Å². The summed E-state index contributed by atoms with van der Waals surface area (Å²) in [7, 11) is 4.82. The number of rotatable bonds is 13. The Labute approximate surface area is 122 Å². The summed E-state index contributed by atoms with van der Waals surface area (Å²) in [5, 5.41) is 3.01. The molecule has 0 aliphatic carbocycles. The highest BCUT2D eigenvalue weighted by molar-refractivity contribution is 5.80. The van der Waals surface area contributed by atoms with Crippen molar-refractivity contribution < 1.29 is 23.7 Å². The normalized spacial score (nSPS) is 14.0. The summed E-state index contributed by atoms with van der Waals surface area (Å²) in [6.45, 7) is 4.90. The molecule has 0 saturated carbocycles. The molecule has 0 saturated heterocycles. The third kappa shape index (κ3) is 8.47. The van der Waals surface area contributed by atoms with E-state index in [1.165, 1.54) is 7.11 Å². The quantitative estimate of drug-likeness (QED) is 0.403. The van der Waals surface area contributed by atoms with Gasteiger partial charge in [0.05, 0.1) is 33.5 Å². The average molecular weight is 291 g/mol. The maximum absolute atomic E-state index is 11.6. The van der Waals surface area contributed by atoms with Gasteiger partial charge in [-0.2, -0.15) is 0 Å². The number of carbonyl (C=O) groups is 1. The number of hydrogen-bond acceptors (Lipinski definition) is 6. The lowest BCUT2D eigenvalue weighted by molar-refractivity contribution is -0.148. The molecule has 0 aliphatic heterocycles. The van der Waals surface area contributed by atoms with Gasteiger partial charge in [0.25, 0.3) is 0 Å². The molecule has 0 spiro atoms. The molecule has 0 heterocycles. The van der Waals surface area contributed by atoms with Crippen molar-refractivity contribution >= 4 is 5.97 Å². The lowest BCUT2D eigenvalue weighted by Gasteiger charge is -2.25. The maximum Gasteiger partial charge on any atom is 0.325 e. The minimum atomic E-state index is -0.613. The molecule has 1 N–H and O–H groups in total. The van der Waals surface area contributed by atoms with Crippen LogP contribution >= 0.6 is 0 Å². The Kier molecular flexibility index (Phi) is 11.7. The van der Waals surface area contributed by atoms with E-state index >= 15 is 0 Å². The van der Waals surface area contributed by atoms with Crippen LogP contribution in [0.4, 0.5) is 0 Å². The van der Waals surface area contributed by atoms with E-state index in [2.05, 4.69) is 5.32 Å². The zero-order chi connectivity index (χ0) is 15.3. The standard InChI is InChI=1S/C14H29NO5/c1-14(15-2,13(16)18-4)7-5-6-8-19-11-12-20-10-9-17-3/h15H,5-12H2,1-4H3. The Morgan fingerprint density at radius 1 is 1.00 bits per heavy atom. The number of likely N-dealkylation sites (N-methyl/N-ethyl adjacent to an activating group) is 1. The number of nitrogens with one attached hydrogen (secondary N) is 1. The number of unbranched alkanes of at least 4 members (excludes halogenated alkanes) is 1. The monoisotopic (exact) mass is 291 g/mol. The average Bonchev–Trinajstić information content (AvgIpc) is 2.48. The molecule has 1 atom stereocenters. The van der Waals surface area contributed by atoms with Gasteiger partial charge in [-0.25, -0.2) is 0 Å². The highest BCUT2D eigenvalue weighted by Crippen LogP contribution is 2.15. The first-order chi connectivity index (χ1) is 9.60. The first kappa shape index (κ1) is 19.3. The van der Waals surface area contributed by atoms with Crippen LogP contribution in [0.3, 0.4) is 0 Å². The molecule has 0 aromatic carbocycles. The van der Waals surface area contributed by atoms with E-state index in [0.29, 0.717) is 33.0 Å². The van der Waals surface area contributed by atoms with Crippen molar-refractivity contribution in [3.8, 4) is 0 Å². The molecule has 0 fully saturated rings. The predicted octanol–water partition coefficient (Wildman–Crippen LogP) is 0.987. The second-order valence-corrected chi connectivity index (χ2v) is 4.75. The molecule has 0 bridgehead atoms. The molecule has 120 valence electrons. The highest BCUT2D eigenvalue weighted by Gasteiger charge is 2.31. The van der Waals surface area contributed by atoms with Crippen LogP contribution in [-0.4, -0.2) is 65.8 Å². The molecule has 20 heavy (non-hydrogen) atoms. The summed E-state index contributed by atoms with van der Waals surface area (Å²) in [4.78, 5) is 11.6. The predicted molar refractivity (Wildman–Crippen MR) is 76.8 cm³/mol. The number of methoxy groups -OCH3 is 2. The van der Waals surface area contributed by atoms with E-state index in [1.807, 2.05) is 6.92 Å². The van der Waals surface area contributed by atoms with E-state index in [-0.39, 0.29) is 5.97 Å². The fourth-order valence-corrected chi connectivity index (χ4v) is 1.70. The topological polar surface area (TPSA) is 66.0 Å². The van der Waals surface area contributed by atoms with Gasteiger partial charge in [-0.3, -0.25) is 4.79 Å². The molecule has 6 nitrogen and oxygen atoms in total. The largest absolute Gasteiger partial charge is 0.468 e. The molecule has 0 radical (unpaired) electrons. The Bertz CT molecular complexity index is 250. The highest BCUT2D eigenvalue weighted by atomic mass is 16.5. The van der Waals surface area contributed by atoms with E-state index in [9.17, 15) is 4.79 Å². The van der Waals surface area contributed by atoms with Crippen LogP contribution in [0.5, 0.6) is 0 Å². The second kappa shape index (κ2) is 12.1. The van der Waals surface area contributed by atoms with Crippen molar-refractivity contribution in [3.05, 3.63) is 0 Å². The molecular weight excluding hydrogens is 262 g/mol. The molecule has 0 rings (SSSR count). The molecule has 0 aliphatic rings. The van der Waals surface area contributed by atoms with Crippen LogP contribution in [-0.2, 0) is 23.7 Å². The molecule has 0 amide bonds. The number of hydrogen-bond donors (Lipinski definition) is 1. The lowest BCUT2D eigenvalue weighted by atomic mass is 9.95. The maximum atomic E-state index is 11.6. The fourth-order valence-electron chi connectivity index (χ4n) is 1.70. The molecule has 0 aromatic heterocycles. The Hall–Kier alpha value is -0.690. The van der Waals surface area contributed by atoms with Crippen molar-refractivity contribution in [3.63, 3.8) is 0 Å². The summed E-state index contributed by atoms with van der Waals surface area (Å²) in [6.07, 6.45) is 2.53. The van der Waals surface area contributed by atoms with Crippen LogP contribution in [0.25, 0.3) is 0 Å². The number of esters is 1. The Morgan fingerprint density at radius 2 is 1.60 bits per heavy atom. The summed E-state index contributed by atoms with van der Waals surface area (Å²) in [5.74, 6) is -0.229. The first-order valence-corrected chi connectivity index (χ1v) is 7.02. The van der Waals surface area contributed by atoms with Gasteiger partial charge in [0, 0.05) is 13.7 Å². The van der Waals surface area contributed by atoms with Crippen LogP contribution in [0.1, 0.15) is 26.2 Å². The van der Waals surface area contributed by atoms with Crippen LogP contribution < -0.4 is 5.32 Å². The zero-order valence-electron chi connectivity index (χ0n) is 13.2. The zero-order valence-corrected chi connectivity index (χ0v) is 13.2. The third-order valence-corrected chi connectivity index (χ3v) is 3.21. The molecule has 0 aromatic rings. The first-order valence-electron chi connectivity index (χ1n) is 7.02. The lowest BCUT2D eigenvalue weighted by Crippen LogP contribution is -2.48. The SMILES string of the molecule is CNC(C)(CCCCOCCOCCOC)C(=O)OC. The van der Waals surface area contributed by atoms with Crippen LogP contribution in [0.2, 0.25) is 0 Å². The van der Waals surface area contributed by atoms with Crippen molar-refractivity contribution in [1.29, 1.82) is 0 Å². The van der Waals surface area contributed by atoms with Crippen LogP contribution in [0.15, 0.2) is 0 Å². The Morgan fingerprint density at radius 3 is 2.15 bits per heavy atom. The van der Waals surface area contributed by atoms with Gasteiger partial charge in [0.1, 0.15) is 5.54 Å². The van der Waals surface area contributed by atoms with Crippen molar-refractivity contribution in [2.24, 2.45) is 0 Å². The summed E-state index contributed by atoms with van der Waals surface area (Å²) >= 11 is 0. The van der Waals surface area contributed by atoms with E-state index in [1.54, 1.807) is 14.2 Å². The smallest absolute Gasteiger partial charge is 0.325 e. The fraction of sp³-hybridized carbons (Fsp3) is 0.929. The Balaban J connectivity index is 3.49. The van der Waals surface area contributed by atoms with Crippen molar-refractivity contribution in [2.75, 3.05) is 54.3 Å². The minimum absolute atomic E-state index is 0.229. The van der Waals surface area contributed by atoms with Gasteiger partial charge < -0.3 is 24.3 Å². The van der Waals surface area contributed by atoms with Gasteiger partial charge in [-0.15, -0.1) is 0 Å². The van der Waals surface area contributed by atoms with Gasteiger partial charge in [-0.05, 0) is 33.2 Å². The molecule has 1 unspecified atom stereocenters. The van der Waals surface area contributed by atoms with Gasteiger partial charge in [0.2, 0.25) is 0 Å². The van der Waals surface area contributed by atoms with Gasteiger partial charge in [0.15, 0.2) is 0 Å². The molecular formula is C14H29NO5. The summed E-state index contributed by atoms with van der Waals surface area (Å²) in [5.41, 5.74) is -0.613.